The molecule has 104 valence electrons. The molecule has 5 heteroatoms. The van der Waals surface area contributed by atoms with Crippen LogP contribution < -0.4 is 14.8 Å². The lowest BCUT2D eigenvalue weighted by Gasteiger charge is -2.11. The van der Waals surface area contributed by atoms with Crippen molar-refractivity contribution in [1.82, 2.24) is 0 Å². The lowest BCUT2D eigenvalue weighted by atomic mass is 10.3. The number of ether oxygens (including phenoxy) is 2. The van der Waals surface area contributed by atoms with Crippen molar-refractivity contribution in [3.63, 3.8) is 0 Å². The second-order valence-electron chi connectivity index (χ2n) is 3.97. The Hall–Kier alpha value is -2.01. The predicted octanol–water partition coefficient (Wildman–Crippen LogP) is 3.48. The van der Waals surface area contributed by atoms with Gasteiger partial charge in [0.1, 0.15) is 0 Å². The van der Waals surface area contributed by atoms with Gasteiger partial charge < -0.3 is 14.8 Å². The van der Waals surface area contributed by atoms with Gasteiger partial charge in [0, 0.05) is 4.47 Å². The van der Waals surface area contributed by atoms with Crippen molar-refractivity contribution in [3.8, 4) is 11.5 Å². The first-order valence-corrected chi connectivity index (χ1v) is 6.80. The minimum Gasteiger partial charge on any atom is -0.493 e. The van der Waals surface area contributed by atoms with Gasteiger partial charge in [-0.1, -0.05) is 24.3 Å². The SMILES string of the molecule is COc1ccccc1OCC(=O)Nc1ccccc1Br. The summed E-state index contributed by atoms with van der Waals surface area (Å²) in [5.41, 5.74) is 0.709. The zero-order valence-corrected chi connectivity index (χ0v) is 12.5. The van der Waals surface area contributed by atoms with Crippen LogP contribution in [0.3, 0.4) is 0 Å². The molecule has 0 unspecified atom stereocenters. The highest BCUT2D eigenvalue weighted by Crippen LogP contribution is 2.26. The largest absolute Gasteiger partial charge is 0.493 e. The molecule has 20 heavy (non-hydrogen) atoms. The molecule has 0 atom stereocenters. The van der Waals surface area contributed by atoms with Gasteiger partial charge in [0.15, 0.2) is 18.1 Å². The smallest absolute Gasteiger partial charge is 0.262 e. The molecule has 0 fully saturated rings. The molecule has 2 aromatic rings. The van der Waals surface area contributed by atoms with Gasteiger partial charge in [0.25, 0.3) is 5.91 Å². The van der Waals surface area contributed by atoms with Gasteiger partial charge in [-0.2, -0.15) is 0 Å². The molecule has 0 heterocycles. The number of halogens is 1. The van der Waals surface area contributed by atoms with E-state index in [0.29, 0.717) is 17.2 Å². The normalized spacial score (nSPS) is 9.90. The summed E-state index contributed by atoms with van der Waals surface area (Å²) in [5, 5.41) is 2.77. The number of carbonyl (C=O) groups excluding carboxylic acids is 1. The zero-order valence-electron chi connectivity index (χ0n) is 10.9. The summed E-state index contributed by atoms with van der Waals surface area (Å²) in [4.78, 5) is 11.8. The van der Waals surface area contributed by atoms with Gasteiger partial charge in [-0.15, -0.1) is 0 Å². The van der Waals surface area contributed by atoms with Gasteiger partial charge >= 0.3 is 0 Å². The zero-order chi connectivity index (χ0) is 14.4. The number of rotatable bonds is 5. The number of hydrogen-bond donors (Lipinski definition) is 1. The van der Waals surface area contributed by atoms with Crippen LogP contribution in [0.4, 0.5) is 5.69 Å². The highest BCUT2D eigenvalue weighted by molar-refractivity contribution is 9.10. The van der Waals surface area contributed by atoms with E-state index in [1.807, 2.05) is 36.4 Å². The van der Waals surface area contributed by atoms with E-state index < -0.39 is 0 Å². The first-order valence-electron chi connectivity index (χ1n) is 6.01. The number of nitrogens with one attached hydrogen (secondary N) is 1. The maximum Gasteiger partial charge on any atom is 0.262 e. The maximum absolute atomic E-state index is 11.8. The molecule has 0 aliphatic heterocycles. The summed E-state index contributed by atoms with van der Waals surface area (Å²) >= 11 is 3.37. The third-order valence-corrected chi connectivity index (χ3v) is 3.27. The first kappa shape index (κ1) is 14.4. The summed E-state index contributed by atoms with van der Waals surface area (Å²) in [6, 6.07) is 14.6. The molecular formula is C15H14BrNO3. The molecule has 4 nitrogen and oxygen atoms in total. The highest BCUT2D eigenvalue weighted by Gasteiger charge is 2.08. The number of carbonyl (C=O) groups is 1. The van der Waals surface area contributed by atoms with E-state index in [1.165, 1.54) is 0 Å². The van der Waals surface area contributed by atoms with Crippen LogP contribution in [0.15, 0.2) is 53.0 Å². The molecule has 0 radical (unpaired) electrons. The number of hydrogen-bond acceptors (Lipinski definition) is 3. The molecular weight excluding hydrogens is 322 g/mol. The van der Waals surface area contributed by atoms with Crippen LogP contribution in [0.25, 0.3) is 0 Å². The van der Waals surface area contributed by atoms with Crippen LogP contribution >= 0.6 is 15.9 Å². The molecule has 2 aromatic carbocycles. The Labute approximate surface area is 125 Å². The lowest BCUT2D eigenvalue weighted by Crippen LogP contribution is -2.20. The summed E-state index contributed by atoms with van der Waals surface area (Å²) in [7, 11) is 1.56. The van der Waals surface area contributed by atoms with Crippen molar-refractivity contribution in [1.29, 1.82) is 0 Å². The molecule has 0 bridgehead atoms. The average Bonchev–Trinajstić information content (AvgIpc) is 2.48. The molecule has 2 rings (SSSR count). The van der Waals surface area contributed by atoms with Crippen LogP contribution in [0.2, 0.25) is 0 Å². The van der Waals surface area contributed by atoms with Crippen LogP contribution in [-0.2, 0) is 4.79 Å². The Morgan fingerprint density at radius 2 is 1.75 bits per heavy atom. The fourth-order valence-corrected chi connectivity index (χ4v) is 2.01. The van der Waals surface area contributed by atoms with Crippen molar-refractivity contribution in [3.05, 3.63) is 53.0 Å². The third kappa shape index (κ3) is 3.74. The Kier molecular flexibility index (Phi) is 5.01. The first-order chi connectivity index (χ1) is 9.70. The summed E-state index contributed by atoms with van der Waals surface area (Å²) in [5.74, 6) is 0.904. The Bertz CT molecular complexity index is 601. The minimum absolute atomic E-state index is 0.0816. The number of amides is 1. The molecule has 0 spiro atoms. The Morgan fingerprint density at radius 1 is 1.10 bits per heavy atom. The van der Waals surface area contributed by atoms with Crippen LogP contribution in [0.1, 0.15) is 0 Å². The van der Waals surface area contributed by atoms with Gasteiger partial charge in [-0.25, -0.2) is 0 Å². The minimum atomic E-state index is -0.234. The van der Waals surface area contributed by atoms with Gasteiger partial charge in [-0.05, 0) is 40.2 Å². The van der Waals surface area contributed by atoms with E-state index in [2.05, 4.69) is 21.2 Å². The molecule has 1 N–H and O–H groups in total. The van der Waals surface area contributed by atoms with Crippen molar-refractivity contribution in [2.24, 2.45) is 0 Å². The van der Waals surface area contributed by atoms with E-state index in [1.54, 1.807) is 19.2 Å². The molecule has 0 aromatic heterocycles. The van der Waals surface area contributed by atoms with E-state index >= 15 is 0 Å². The van der Waals surface area contributed by atoms with Gasteiger partial charge in [0.05, 0.1) is 12.8 Å². The lowest BCUT2D eigenvalue weighted by molar-refractivity contribution is -0.118. The summed E-state index contributed by atoms with van der Waals surface area (Å²) < 4.78 is 11.4. The Morgan fingerprint density at radius 3 is 2.45 bits per heavy atom. The number of para-hydroxylation sites is 3. The molecule has 0 aliphatic carbocycles. The second-order valence-corrected chi connectivity index (χ2v) is 4.82. The molecule has 1 amide bonds. The van der Waals surface area contributed by atoms with Crippen molar-refractivity contribution < 1.29 is 14.3 Å². The molecule has 0 saturated heterocycles. The fraction of sp³-hybridized carbons (Fsp3) is 0.133. The number of benzene rings is 2. The fourth-order valence-electron chi connectivity index (χ4n) is 1.63. The Balaban J connectivity index is 1.94. The predicted molar refractivity (Wildman–Crippen MR) is 81.3 cm³/mol. The van der Waals surface area contributed by atoms with E-state index in [0.717, 1.165) is 4.47 Å². The van der Waals surface area contributed by atoms with E-state index in [-0.39, 0.29) is 12.5 Å². The van der Waals surface area contributed by atoms with Crippen LogP contribution in [0, 0.1) is 0 Å². The van der Waals surface area contributed by atoms with E-state index in [9.17, 15) is 4.79 Å². The van der Waals surface area contributed by atoms with Crippen LogP contribution in [-0.4, -0.2) is 19.6 Å². The summed E-state index contributed by atoms with van der Waals surface area (Å²) in [6.45, 7) is -0.0816. The average molecular weight is 336 g/mol. The maximum atomic E-state index is 11.8. The molecule has 0 aliphatic rings. The quantitative estimate of drug-likeness (QED) is 0.909. The van der Waals surface area contributed by atoms with Crippen LogP contribution in [0.5, 0.6) is 11.5 Å². The van der Waals surface area contributed by atoms with E-state index in [4.69, 9.17) is 9.47 Å². The van der Waals surface area contributed by atoms with Crippen molar-refractivity contribution in [2.45, 2.75) is 0 Å². The van der Waals surface area contributed by atoms with Gasteiger partial charge in [-0.3, -0.25) is 4.79 Å². The topological polar surface area (TPSA) is 47.6 Å². The molecule has 0 saturated carbocycles. The number of methoxy groups -OCH3 is 1. The second kappa shape index (κ2) is 6.96. The van der Waals surface area contributed by atoms with Gasteiger partial charge in [0.2, 0.25) is 0 Å². The number of anilines is 1. The summed E-state index contributed by atoms with van der Waals surface area (Å²) in [6.07, 6.45) is 0. The van der Waals surface area contributed by atoms with Crippen molar-refractivity contribution in [2.75, 3.05) is 19.0 Å². The standard InChI is InChI=1S/C15H14BrNO3/c1-19-13-8-4-5-9-14(13)20-10-15(18)17-12-7-3-2-6-11(12)16/h2-9H,10H2,1H3,(H,17,18). The van der Waals surface area contributed by atoms with Crippen molar-refractivity contribution >= 4 is 27.5 Å². The highest BCUT2D eigenvalue weighted by atomic mass is 79.9. The third-order valence-electron chi connectivity index (χ3n) is 2.58. The monoisotopic (exact) mass is 335 g/mol.